The number of rotatable bonds is 5. The molecule has 1 heterocycles. The number of aromatic nitrogens is 2. The summed E-state index contributed by atoms with van der Waals surface area (Å²) >= 11 is 6.21. The minimum Gasteiger partial charge on any atom is -0.340 e. The van der Waals surface area contributed by atoms with E-state index in [-0.39, 0.29) is 0 Å². The number of aryl methyl sites for hydroxylation is 1. The normalized spacial score (nSPS) is 10.6. The number of hydrogen-bond donors (Lipinski definition) is 1. The molecule has 3 rings (SSSR count). The average Bonchev–Trinajstić information content (AvgIpc) is 2.60. The van der Waals surface area contributed by atoms with E-state index >= 15 is 0 Å². The molecule has 0 saturated carbocycles. The molecule has 0 amide bonds. The molecule has 0 spiro atoms. The lowest BCUT2D eigenvalue weighted by Crippen LogP contribution is -2.19. The SMILES string of the molecule is CCN(c1ccccc1)c1nc(C)cc(Nc2cccc(Cl)c2C)n1. The number of hydrogen-bond acceptors (Lipinski definition) is 4. The molecule has 4 nitrogen and oxygen atoms in total. The summed E-state index contributed by atoms with van der Waals surface area (Å²) in [6.45, 7) is 6.83. The van der Waals surface area contributed by atoms with Gasteiger partial charge in [-0.1, -0.05) is 35.9 Å². The van der Waals surface area contributed by atoms with Crippen LogP contribution in [0.25, 0.3) is 0 Å². The van der Waals surface area contributed by atoms with Crippen molar-refractivity contribution in [2.75, 3.05) is 16.8 Å². The van der Waals surface area contributed by atoms with Crippen molar-refractivity contribution < 1.29 is 0 Å². The van der Waals surface area contributed by atoms with E-state index in [4.69, 9.17) is 16.6 Å². The van der Waals surface area contributed by atoms with Crippen LogP contribution in [0.4, 0.5) is 23.1 Å². The monoisotopic (exact) mass is 352 g/mol. The summed E-state index contributed by atoms with van der Waals surface area (Å²) in [5.41, 5.74) is 3.92. The Labute approximate surface area is 153 Å². The molecular formula is C20H21ClN4. The molecule has 0 aliphatic heterocycles. The quantitative estimate of drug-likeness (QED) is 0.644. The molecule has 0 saturated heterocycles. The third-order valence-corrected chi connectivity index (χ3v) is 4.41. The summed E-state index contributed by atoms with van der Waals surface area (Å²) in [5.74, 6) is 1.43. The maximum absolute atomic E-state index is 6.21. The van der Waals surface area contributed by atoms with Crippen LogP contribution in [0.15, 0.2) is 54.6 Å². The van der Waals surface area contributed by atoms with Crippen LogP contribution in [0.2, 0.25) is 5.02 Å². The molecule has 2 aromatic carbocycles. The molecule has 0 atom stereocenters. The second-order valence-electron chi connectivity index (χ2n) is 5.81. The zero-order valence-corrected chi connectivity index (χ0v) is 15.4. The van der Waals surface area contributed by atoms with E-state index in [1.807, 2.05) is 56.3 Å². The molecule has 0 unspecified atom stereocenters. The van der Waals surface area contributed by atoms with Gasteiger partial charge >= 0.3 is 0 Å². The molecule has 0 radical (unpaired) electrons. The Morgan fingerprint density at radius 3 is 2.48 bits per heavy atom. The van der Waals surface area contributed by atoms with E-state index in [2.05, 4.69) is 34.3 Å². The van der Waals surface area contributed by atoms with Gasteiger partial charge in [0.2, 0.25) is 5.95 Å². The van der Waals surface area contributed by atoms with Crippen LogP contribution >= 0.6 is 11.6 Å². The minimum absolute atomic E-state index is 0.677. The summed E-state index contributed by atoms with van der Waals surface area (Å²) in [6.07, 6.45) is 0. The number of nitrogens with zero attached hydrogens (tertiary/aromatic N) is 3. The van der Waals surface area contributed by atoms with Crippen LogP contribution in [0.5, 0.6) is 0 Å². The van der Waals surface area contributed by atoms with Crippen molar-refractivity contribution in [2.45, 2.75) is 20.8 Å². The van der Waals surface area contributed by atoms with E-state index < -0.39 is 0 Å². The van der Waals surface area contributed by atoms with Gasteiger partial charge in [-0.25, -0.2) is 4.98 Å². The third kappa shape index (κ3) is 3.91. The fourth-order valence-corrected chi connectivity index (χ4v) is 2.84. The molecule has 1 N–H and O–H groups in total. The van der Waals surface area contributed by atoms with Gasteiger partial charge in [0.15, 0.2) is 0 Å². The maximum Gasteiger partial charge on any atom is 0.232 e. The fraction of sp³-hybridized carbons (Fsp3) is 0.200. The molecule has 0 aliphatic rings. The van der Waals surface area contributed by atoms with Crippen molar-refractivity contribution in [1.29, 1.82) is 0 Å². The second kappa shape index (κ2) is 7.53. The second-order valence-corrected chi connectivity index (χ2v) is 6.22. The molecule has 1 aromatic heterocycles. The van der Waals surface area contributed by atoms with Gasteiger partial charge in [0.25, 0.3) is 0 Å². The zero-order chi connectivity index (χ0) is 17.8. The van der Waals surface area contributed by atoms with Crippen LogP contribution in [0.1, 0.15) is 18.2 Å². The number of nitrogens with one attached hydrogen (secondary N) is 1. The Morgan fingerprint density at radius 2 is 1.76 bits per heavy atom. The molecular weight excluding hydrogens is 332 g/mol. The van der Waals surface area contributed by atoms with Crippen LogP contribution in [-0.4, -0.2) is 16.5 Å². The molecule has 128 valence electrons. The molecule has 0 fully saturated rings. The van der Waals surface area contributed by atoms with Gasteiger partial charge < -0.3 is 10.2 Å². The first-order chi connectivity index (χ1) is 12.1. The predicted molar refractivity (Wildman–Crippen MR) is 105 cm³/mol. The first kappa shape index (κ1) is 17.2. The predicted octanol–water partition coefficient (Wildman–Crippen LogP) is 5.65. The van der Waals surface area contributed by atoms with E-state index in [9.17, 15) is 0 Å². The van der Waals surface area contributed by atoms with E-state index in [0.29, 0.717) is 5.95 Å². The highest BCUT2D eigenvalue weighted by Gasteiger charge is 2.12. The Bertz CT molecular complexity index is 865. The molecule has 3 aromatic rings. The minimum atomic E-state index is 0.677. The van der Waals surface area contributed by atoms with Gasteiger partial charge in [-0.3, -0.25) is 0 Å². The summed E-state index contributed by atoms with van der Waals surface area (Å²) in [5, 5.41) is 4.09. The van der Waals surface area contributed by atoms with Crippen molar-refractivity contribution in [3.05, 3.63) is 70.9 Å². The summed E-state index contributed by atoms with van der Waals surface area (Å²) < 4.78 is 0. The van der Waals surface area contributed by atoms with Crippen molar-refractivity contribution in [1.82, 2.24) is 9.97 Å². The van der Waals surface area contributed by atoms with Crippen LogP contribution in [-0.2, 0) is 0 Å². The van der Waals surface area contributed by atoms with Gasteiger partial charge in [0.1, 0.15) is 5.82 Å². The van der Waals surface area contributed by atoms with Crippen LogP contribution < -0.4 is 10.2 Å². The van der Waals surface area contributed by atoms with Crippen LogP contribution in [0.3, 0.4) is 0 Å². The standard InChI is InChI=1S/C20H21ClN4/c1-4-25(16-9-6-5-7-10-16)20-22-14(2)13-19(24-20)23-18-12-8-11-17(21)15(18)3/h5-13H,4H2,1-3H3,(H,22,23,24). The lowest BCUT2D eigenvalue weighted by molar-refractivity contribution is 0.936. The number of para-hydroxylation sites is 1. The molecule has 25 heavy (non-hydrogen) atoms. The Kier molecular flexibility index (Phi) is 5.19. The van der Waals surface area contributed by atoms with Gasteiger partial charge in [-0.15, -0.1) is 0 Å². The van der Waals surface area contributed by atoms with E-state index in [0.717, 1.165) is 40.0 Å². The van der Waals surface area contributed by atoms with Crippen molar-refractivity contribution >= 4 is 34.7 Å². The first-order valence-electron chi connectivity index (χ1n) is 8.29. The Morgan fingerprint density at radius 1 is 1.00 bits per heavy atom. The lowest BCUT2D eigenvalue weighted by atomic mass is 10.2. The zero-order valence-electron chi connectivity index (χ0n) is 14.6. The highest BCUT2D eigenvalue weighted by Crippen LogP contribution is 2.28. The summed E-state index contributed by atoms with van der Waals surface area (Å²) in [7, 11) is 0. The van der Waals surface area contributed by atoms with Gasteiger partial charge in [0, 0.05) is 34.7 Å². The summed E-state index contributed by atoms with van der Waals surface area (Å²) in [6, 6.07) is 17.9. The largest absolute Gasteiger partial charge is 0.340 e. The highest BCUT2D eigenvalue weighted by atomic mass is 35.5. The van der Waals surface area contributed by atoms with Gasteiger partial charge in [0.05, 0.1) is 0 Å². The summed E-state index contributed by atoms with van der Waals surface area (Å²) in [4.78, 5) is 11.4. The third-order valence-electron chi connectivity index (χ3n) is 4.00. The van der Waals surface area contributed by atoms with E-state index in [1.54, 1.807) is 0 Å². The Balaban J connectivity index is 1.96. The Hall–Kier alpha value is -2.59. The van der Waals surface area contributed by atoms with Gasteiger partial charge in [-0.05, 0) is 50.6 Å². The maximum atomic E-state index is 6.21. The first-order valence-corrected chi connectivity index (χ1v) is 8.66. The average molecular weight is 353 g/mol. The number of anilines is 4. The van der Waals surface area contributed by atoms with Crippen molar-refractivity contribution in [3.8, 4) is 0 Å². The number of halogens is 1. The number of benzene rings is 2. The van der Waals surface area contributed by atoms with Gasteiger partial charge in [-0.2, -0.15) is 4.98 Å². The van der Waals surface area contributed by atoms with Crippen molar-refractivity contribution in [3.63, 3.8) is 0 Å². The molecule has 0 bridgehead atoms. The smallest absolute Gasteiger partial charge is 0.232 e. The van der Waals surface area contributed by atoms with Crippen molar-refractivity contribution in [2.24, 2.45) is 0 Å². The molecule has 5 heteroatoms. The fourth-order valence-electron chi connectivity index (χ4n) is 2.67. The molecule has 0 aliphatic carbocycles. The van der Waals surface area contributed by atoms with Crippen LogP contribution in [0, 0.1) is 13.8 Å². The topological polar surface area (TPSA) is 41.1 Å². The van der Waals surface area contributed by atoms with E-state index in [1.165, 1.54) is 0 Å². The lowest BCUT2D eigenvalue weighted by Gasteiger charge is -2.22. The highest BCUT2D eigenvalue weighted by molar-refractivity contribution is 6.31.